The van der Waals surface area contributed by atoms with Gasteiger partial charge in [-0.3, -0.25) is 0 Å². The van der Waals surface area contributed by atoms with Crippen LogP contribution in [-0.2, 0) is 6.54 Å². The van der Waals surface area contributed by atoms with E-state index in [1.807, 2.05) is 26.0 Å². The highest BCUT2D eigenvalue weighted by Crippen LogP contribution is 2.18. The summed E-state index contributed by atoms with van der Waals surface area (Å²) in [5.74, 6) is 1.43. The maximum atomic E-state index is 13.6. The number of benzene rings is 1. The van der Waals surface area contributed by atoms with Crippen molar-refractivity contribution in [1.29, 1.82) is 0 Å². The van der Waals surface area contributed by atoms with Gasteiger partial charge in [0.05, 0.1) is 6.04 Å². The third-order valence-electron chi connectivity index (χ3n) is 2.80. The lowest BCUT2D eigenvalue weighted by Gasteiger charge is -2.12. The zero-order valence-corrected chi connectivity index (χ0v) is 11.1. The van der Waals surface area contributed by atoms with Crippen LogP contribution in [0.1, 0.15) is 30.0 Å². The molecule has 0 aliphatic carbocycles. The lowest BCUT2D eigenvalue weighted by atomic mass is 10.2. The average Bonchev–Trinajstić information content (AvgIpc) is 2.74. The van der Waals surface area contributed by atoms with E-state index >= 15 is 0 Å². The van der Waals surface area contributed by atoms with Crippen LogP contribution < -0.4 is 5.32 Å². The molecule has 0 amide bonds. The maximum absolute atomic E-state index is 13.6. The normalized spacial score (nSPS) is 12.7. The molecule has 2 nitrogen and oxygen atoms in total. The Morgan fingerprint density at radius 3 is 2.72 bits per heavy atom. The van der Waals surface area contributed by atoms with Crippen molar-refractivity contribution in [1.82, 2.24) is 5.32 Å². The molecule has 4 heteroatoms. The summed E-state index contributed by atoms with van der Waals surface area (Å²) < 4.78 is 19.1. The van der Waals surface area contributed by atoms with E-state index in [2.05, 4.69) is 5.32 Å². The van der Waals surface area contributed by atoms with Crippen LogP contribution in [0.25, 0.3) is 0 Å². The van der Waals surface area contributed by atoms with Crippen LogP contribution in [-0.4, -0.2) is 0 Å². The maximum Gasteiger partial charge on any atom is 0.129 e. The molecule has 1 aromatic carbocycles. The van der Waals surface area contributed by atoms with E-state index in [9.17, 15) is 4.39 Å². The standard InChI is InChI=1S/C14H15ClFNO/c1-9-3-6-14(18-9)10(2)17-8-11-4-5-12(15)7-13(11)16/h3-7,10,17H,8H2,1-2H3. The van der Waals surface area contributed by atoms with Crippen molar-refractivity contribution in [3.05, 3.63) is 58.3 Å². The summed E-state index contributed by atoms with van der Waals surface area (Å²) >= 11 is 5.70. The summed E-state index contributed by atoms with van der Waals surface area (Å²) in [4.78, 5) is 0. The minimum atomic E-state index is -0.294. The molecule has 0 saturated heterocycles. The SMILES string of the molecule is Cc1ccc(C(C)NCc2ccc(Cl)cc2F)o1. The van der Waals surface area contributed by atoms with E-state index in [1.165, 1.54) is 6.07 Å². The second-order valence-corrected chi connectivity index (χ2v) is 4.72. The van der Waals surface area contributed by atoms with Crippen molar-refractivity contribution >= 4 is 11.6 Å². The first-order valence-corrected chi connectivity index (χ1v) is 6.17. The zero-order valence-electron chi connectivity index (χ0n) is 10.3. The summed E-state index contributed by atoms with van der Waals surface area (Å²) in [5, 5.41) is 3.62. The monoisotopic (exact) mass is 267 g/mol. The first-order valence-electron chi connectivity index (χ1n) is 5.80. The van der Waals surface area contributed by atoms with E-state index in [0.29, 0.717) is 17.1 Å². The van der Waals surface area contributed by atoms with Gasteiger partial charge in [0.25, 0.3) is 0 Å². The Morgan fingerprint density at radius 2 is 2.11 bits per heavy atom. The molecule has 18 heavy (non-hydrogen) atoms. The fraction of sp³-hybridized carbons (Fsp3) is 0.286. The number of rotatable bonds is 4. The molecule has 0 bridgehead atoms. The molecule has 1 atom stereocenters. The van der Waals surface area contributed by atoms with Crippen molar-refractivity contribution in [3.63, 3.8) is 0 Å². The predicted molar refractivity (Wildman–Crippen MR) is 70.1 cm³/mol. The Hall–Kier alpha value is -1.32. The molecule has 0 radical (unpaired) electrons. The van der Waals surface area contributed by atoms with Gasteiger partial charge in [-0.25, -0.2) is 4.39 Å². The second-order valence-electron chi connectivity index (χ2n) is 4.29. The van der Waals surface area contributed by atoms with E-state index in [4.69, 9.17) is 16.0 Å². The Balaban J connectivity index is 1.99. The number of halogens is 2. The summed E-state index contributed by atoms with van der Waals surface area (Å²) in [7, 11) is 0. The van der Waals surface area contributed by atoms with Crippen LogP contribution in [0, 0.1) is 12.7 Å². The van der Waals surface area contributed by atoms with Crippen molar-refractivity contribution < 1.29 is 8.81 Å². The topological polar surface area (TPSA) is 25.2 Å². The molecule has 0 aliphatic rings. The third kappa shape index (κ3) is 3.12. The fourth-order valence-corrected chi connectivity index (χ4v) is 1.87. The molecule has 1 heterocycles. The van der Waals surface area contributed by atoms with Gasteiger partial charge in [0, 0.05) is 17.1 Å². The molecular formula is C14H15ClFNO. The molecule has 0 spiro atoms. The van der Waals surface area contributed by atoms with Crippen molar-refractivity contribution in [3.8, 4) is 0 Å². The quantitative estimate of drug-likeness (QED) is 0.897. The molecule has 1 N–H and O–H groups in total. The summed E-state index contributed by atoms with van der Waals surface area (Å²) in [6, 6.07) is 8.56. The number of furan rings is 1. The third-order valence-corrected chi connectivity index (χ3v) is 3.04. The largest absolute Gasteiger partial charge is 0.465 e. The summed E-state index contributed by atoms with van der Waals surface area (Å²) in [6.45, 7) is 4.31. The van der Waals surface area contributed by atoms with Gasteiger partial charge in [-0.05, 0) is 38.1 Å². The molecule has 96 valence electrons. The number of nitrogens with one attached hydrogen (secondary N) is 1. The molecule has 1 unspecified atom stereocenters. The van der Waals surface area contributed by atoms with Gasteiger partial charge in [-0.2, -0.15) is 0 Å². The van der Waals surface area contributed by atoms with Crippen molar-refractivity contribution in [2.24, 2.45) is 0 Å². The number of hydrogen-bond donors (Lipinski definition) is 1. The Labute approximate surface area is 111 Å². The first-order chi connectivity index (χ1) is 8.56. The van der Waals surface area contributed by atoms with Gasteiger partial charge in [0.1, 0.15) is 17.3 Å². The second kappa shape index (κ2) is 5.55. The zero-order chi connectivity index (χ0) is 13.1. The van der Waals surface area contributed by atoms with E-state index in [1.54, 1.807) is 12.1 Å². The van der Waals surface area contributed by atoms with Crippen LogP contribution in [0.4, 0.5) is 4.39 Å². The van der Waals surface area contributed by atoms with Gasteiger partial charge >= 0.3 is 0 Å². The highest BCUT2D eigenvalue weighted by Gasteiger charge is 2.10. The van der Waals surface area contributed by atoms with Gasteiger partial charge in [-0.15, -0.1) is 0 Å². The minimum absolute atomic E-state index is 0.0359. The Bertz CT molecular complexity index is 538. The van der Waals surface area contributed by atoms with Crippen LogP contribution in [0.3, 0.4) is 0 Å². The summed E-state index contributed by atoms with van der Waals surface area (Å²) in [6.07, 6.45) is 0. The highest BCUT2D eigenvalue weighted by atomic mass is 35.5. The van der Waals surface area contributed by atoms with Crippen LogP contribution in [0.2, 0.25) is 5.02 Å². The molecule has 0 fully saturated rings. The molecule has 1 aromatic heterocycles. The smallest absolute Gasteiger partial charge is 0.129 e. The lowest BCUT2D eigenvalue weighted by Crippen LogP contribution is -2.18. The van der Waals surface area contributed by atoms with Crippen LogP contribution in [0.5, 0.6) is 0 Å². The van der Waals surface area contributed by atoms with Gasteiger partial charge in [0.2, 0.25) is 0 Å². The predicted octanol–water partition coefficient (Wildman–Crippen LogP) is 4.23. The van der Waals surface area contributed by atoms with Gasteiger partial charge < -0.3 is 9.73 Å². The van der Waals surface area contributed by atoms with Gasteiger partial charge in [0.15, 0.2) is 0 Å². The van der Waals surface area contributed by atoms with Crippen LogP contribution in [0.15, 0.2) is 34.7 Å². The lowest BCUT2D eigenvalue weighted by molar-refractivity contribution is 0.413. The van der Waals surface area contributed by atoms with E-state index in [-0.39, 0.29) is 11.9 Å². The highest BCUT2D eigenvalue weighted by molar-refractivity contribution is 6.30. The molecule has 0 saturated carbocycles. The first kappa shape index (κ1) is 13.1. The van der Waals surface area contributed by atoms with Crippen molar-refractivity contribution in [2.75, 3.05) is 0 Å². The number of aryl methyl sites for hydroxylation is 1. The summed E-state index contributed by atoms with van der Waals surface area (Å²) in [5.41, 5.74) is 0.592. The average molecular weight is 268 g/mol. The minimum Gasteiger partial charge on any atom is -0.465 e. The van der Waals surface area contributed by atoms with Crippen molar-refractivity contribution in [2.45, 2.75) is 26.4 Å². The molecule has 2 aromatic rings. The molecule has 0 aliphatic heterocycles. The van der Waals surface area contributed by atoms with E-state index in [0.717, 1.165) is 11.5 Å². The van der Waals surface area contributed by atoms with E-state index < -0.39 is 0 Å². The van der Waals surface area contributed by atoms with Gasteiger partial charge in [-0.1, -0.05) is 17.7 Å². The van der Waals surface area contributed by atoms with Crippen LogP contribution >= 0.6 is 11.6 Å². The Kier molecular flexibility index (Phi) is 4.04. The Morgan fingerprint density at radius 1 is 1.33 bits per heavy atom. The molecule has 2 rings (SSSR count). The number of hydrogen-bond acceptors (Lipinski definition) is 2. The fourth-order valence-electron chi connectivity index (χ4n) is 1.71. The molecular weight excluding hydrogens is 253 g/mol.